The first-order valence-electron chi connectivity index (χ1n) is 13.1. The molecule has 190 valence electrons. The first kappa shape index (κ1) is 24.4. The molecule has 5 heteroatoms. The Morgan fingerprint density at radius 2 is 1.66 bits per heavy atom. The van der Waals surface area contributed by atoms with Gasteiger partial charge in [0.2, 0.25) is 0 Å². The van der Waals surface area contributed by atoms with Gasteiger partial charge in [0.15, 0.2) is 17.3 Å². The number of hydrogen-bond donors (Lipinski definition) is 2. The Bertz CT molecular complexity index is 1180. The lowest BCUT2D eigenvalue weighted by molar-refractivity contribution is -0.179. The Hall–Kier alpha value is -2.30. The number of esters is 1. The number of carbonyl (C=O) groups excluding carboxylic acids is 2. The van der Waals surface area contributed by atoms with Gasteiger partial charge >= 0.3 is 5.97 Å². The van der Waals surface area contributed by atoms with Crippen LogP contribution in [0.1, 0.15) is 101 Å². The van der Waals surface area contributed by atoms with Crippen LogP contribution in [0.15, 0.2) is 17.7 Å². The fourth-order valence-corrected chi connectivity index (χ4v) is 8.96. The van der Waals surface area contributed by atoms with Crippen molar-refractivity contribution < 1.29 is 24.5 Å². The van der Waals surface area contributed by atoms with E-state index in [4.69, 9.17) is 4.74 Å². The Morgan fingerprint density at radius 1 is 1.00 bits per heavy atom. The molecule has 0 bridgehead atoms. The number of phenols is 2. The zero-order valence-corrected chi connectivity index (χ0v) is 22.3. The molecule has 0 spiro atoms. The van der Waals surface area contributed by atoms with Crippen molar-refractivity contribution in [1.29, 1.82) is 0 Å². The summed E-state index contributed by atoms with van der Waals surface area (Å²) >= 11 is 0. The SMILES string of the molecule is COC(=O)[C@]1(C)CC[C@]2(C)CC[C@]3(C)C4=CC(=O)c5c(cc(O)c(O)c5C)[C@]4(C)CC[C@@]3(C)[C@@H]2C1. The van der Waals surface area contributed by atoms with E-state index in [-0.39, 0.29) is 44.9 Å². The molecule has 3 saturated carbocycles. The maximum atomic E-state index is 13.5. The van der Waals surface area contributed by atoms with Crippen molar-refractivity contribution >= 4 is 11.8 Å². The summed E-state index contributed by atoms with van der Waals surface area (Å²) in [7, 11) is 1.49. The van der Waals surface area contributed by atoms with Crippen molar-refractivity contribution in [2.24, 2.45) is 27.6 Å². The molecule has 35 heavy (non-hydrogen) atoms. The molecule has 3 fully saturated rings. The number of methoxy groups -OCH3 is 1. The zero-order valence-electron chi connectivity index (χ0n) is 22.3. The standard InChI is InChI=1S/C30H40O5/c1-17-23-18(14-20(32)24(17)33)28(4)11-13-30(6)22-16-27(3,25(34)35-7)9-8-26(22,2)10-12-29(30,5)21(28)15-19(23)31/h14-15,22,32-33H,8-13,16H2,1-7H3/t22-,26-,27-,28+,29-,30+/m1/s1. The second-order valence-electron chi connectivity index (χ2n) is 13.3. The van der Waals surface area contributed by atoms with Gasteiger partial charge in [0.1, 0.15) is 0 Å². The highest BCUT2D eigenvalue weighted by atomic mass is 16.5. The molecule has 1 aromatic rings. The average Bonchev–Trinajstić information content (AvgIpc) is 2.81. The van der Waals surface area contributed by atoms with Gasteiger partial charge in [0, 0.05) is 16.5 Å². The smallest absolute Gasteiger partial charge is 0.311 e. The van der Waals surface area contributed by atoms with E-state index in [2.05, 4.69) is 34.6 Å². The van der Waals surface area contributed by atoms with Gasteiger partial charge in [-0.15, -0.1) is 0 Å². The Labute approximate surface area is 209 Å². The van der Waals surface area contributed by atoms with E-state index >= 15 is 0 Å². The Kier molecular flexibility index (Phi) is 4.98. The minimum atomic E-state index is -0.481. The van der Waals surface area contributed by atoms with Crippen LogP contribution >= 0.6 is 0 Å². The van der Waals surface area contributed by atoms with Crippen LogP contribution < -0.4 is 0 Å². The van der Waals surface area contributed by atoms with Gasteiger partial charge in [-0.05, 0) is 104 Å². The normalized spacial score (nSPS) is 42.2. The number of hydrogen-bond acceptors (Lipinski definition) is 5. The van der Waals surface area contributed by atoms with Gasteiger partial charge in [0.25, 0.3) is 0 Å². The van der Waals surface area contributed by atoms with Crippen LogP contribution in [-0.4, -0.2) is 29.1 Å². The topological polar surface area (TPSA) is 83.8 Å². The summed E-state index contributed by atoms with van der Waals surface area (Å²) in [5.74, 6) is -0.219. The highest BCUT2D eigenvalue weighted by molar-refractivity contribution is 6.10. The van der Waals surface area contributed by atoms with Crippen molar-refractivity contribution in [2.75, 3.05) is 7.11 Å². The van der Waals surface area contributed by atoms with Crippen molar-refractivity contribution in [1.82, 2.24) is 0 Å². The second-order valence-corrected chi connectivity index (χ2v) is 13.3. The molecular formula is C30H40O5. The minimum absolute atomic E-state index is 0.0766. The molecule has 0 radical (unpaired) electrons. The first-order valence-corrected chi connectivity index (χ1v) is 13.1. The monoisotopic (exact) mass is 480 g/mol. The molecule has 4 aliphatic carbocycles. The Morgan fingerprint density at radius 3 is 2.31 bits per heavy atom. The number of ketones is 1. The summed E-state index contributed by atoms with van der Waals surface area (Å²) in [6, 6.07) is 1.62. The summed E-state index contributed by atoms with van der Waals surface area (Å²) in [6.45, 7) is 13.1. The molecule has 5 nitrogen and oxygen atoms in total. The van der Waals surface area contributed by atoms with Crippen LogP contribution in [-0.2, 0) is 14.9 Å². The molecule has 5 rings (SSSR count). The van der Waals surface area contributed by atoms with E-state index in [0.29, 0.717) is 17.0 Å². The lowest BCUT2D eigenvalue weighted by Gasteiger charge is -2.69. The summed E-state index contributed by atoms with van der Waals surface area (Å²) in [5, 5.41) is 20.8. The van der Waals surface area contributed by atoms with E-state index in [0.717, 1.165) is 56.1 Å². The fourth-order valence-electron chi connectivity index (χ4n) is 8.96. The number of rotatable bonds is 1. The predicted octanol–water partition coefficient (Wildman–Crippen LogP) is 6.37. The van der Waals surface area contributed by atoms with Crippen LogP contribution in [0.5, 0.6) is 11.5 Å². The van der Waals surface area contributed by atoms with E-state index in [1.807, 2.05) is 6.08 Å². The summed E-state index contributed by atoms with van der Waals surface area (Å²) < 4.78 is 5.25. The summed E-state index contributed by atoms with van der Waals surface area (Å²) in [5.41, 5.74) is 1.99. The van der Waals surface area contributed by atoms with E-state index < -0.39 is 5.41 Å². The molecule has 6 atom stereocenters. The van der Waals surface area contributed by atoms with Crippen molar-refractivity contribution in [3.05, 3.63) is 34.4 Å². The molecule has 4 aliphatic rings. The van der Waals surface area contributed by atoms with Gasteiger partial charge in [-0.25, -0.2) is 0 Å². The summed E-state index contributed by atoms with van der Waals surface area (Å²) in [6.07, 6.45) is 8.43. The van der Waals surface area contributed by atoms with Crippen molar-refractivity contribution in [2.45, 2.75) is 91.9 Å². The van der Waals surface area contributed by atoms with Crippen molar-refractivity contribution in [3.8, 4) is 11.5 Å². The fraction of sp³-hybridized carbons (Fsp3) is 0.667. The number of ether oxygens (including phenoxy) is 1. The number of benzene rings is 1. The van der Waals surface area contributed by atoms with Gasteiger partial charge in [0.05, 0.1) is 12.5 Å². The molecular weight excluding hydrogens is 440 g/mol. The largest absolute Gasteiger partial charge is 0.504 e. The number of allylic oxidation sites excluding steroid dienone is 2. The predicted molar refractivity (Wildman–Crippen MR) is 135 cm³/mol. The lowest BCUT2D eigenvalue weighted by atomic mass is 9.34. The molecule has 1 aromatic carbocycles. The minimum Gasteiger partial charge on any atom is -0.504 e. The van der Waals surface area contributed by atoms with E-state index in [1.165, 1.54) is 7.11 Å². The lowest BCUT2D eigenvalue weighted by Crippen LogP contribution is -2.62. The highest BCUT2D eigenvalue weighted by Gasteiger charge is 2.67. The van der Waals surface area contributed by atoms with Gasteiger partial charge in [-0.2, -0.15) is 0 Å². The highest BCUT2D eigenvalue weighted by Crippen LogP contribution is 2.74. The second kappa shape index (κ2) is 7.14. The zero-order chi connectivity index (χ0) is 25.8. The van der Waals surface area contributed by atoms with Gasteiger partial charge < -0.3 is 14.9 Å². The van der Waals surface area contributed by atoms with Gasteiger partial charge in [-0.1, -0.05) is 27.7 Å². The molecule has 0 amide bonds. The molecule has 0 aromatic heterocycles. The third kappa shape index (κ3) is 2.87. The molecule has 0 saturated heterocycles. The molecule has 0 unspecified atom stereocenters. The number of carbonyl (C=O) groups is 2. The maximum Gasteiger partial charge on any atom is 0.311 e. The van der Waals surface area contributed by atoms with Crippen LogP contribution in [0.3, 0.4) is 0 Å². The quantitative estimate of drug-likeness (QED) is 0.360. The van der Waals surface area contributed by atoms with Crippen LogP contribution in [0.4, 0.5) is 0 Å². The third-order valence-electron chi connectivity index (χ3n) is 11.6. The van der Waals surface area contributed by atoms with Gasteiger partial charge in [-0.3, -0.25) is 9.59 Å². The van der Waals surface area contributed by atoms with Crippen LogP contribution in [0.25, 0.3) is 0 Å². The Balaban J connectivity index is 1.65. The number of phenolic OH excluding ortho intramolecular Hbond substituents is 2. The number of aromatic hydroxyl groups is 2. The number of fused-ring (bicyclic) bond motifs is 7. The maximum absolute atomic E-state index is 13.5. The average molecular weight is 481 g/mol. The van der Waals surface area contributed by atoms with E-state index in [1.54, 1.807) is 13.0 Å². The molecule has 0 heterocycles. The van der Waals surface area contributed by atoms with Crippen LogP contribution in [0, 0.1) is 34.5 Å². The van der Waals surface area contributed by atoms with Crippen LogP contribution in [0.2, 0.25) is 0 Å². The molecule has 0 aliphatic heterocycles. The first-order chi connectivity index (χ1) is 16.2. The van der Waals surface area contributed by atoms with E-state index in [9.17, 15) is 19.8 Å². The third-order valence-corrected chi connectivity index (χ3v) is 11.6. The van der Waals surface area contributed by atoms with Crippen molar-refractivity contribution in [3.63, 3.8) is 0 Å². The summed E-state index contributed by atoms with van der Waals surface area (Å²) in [4.78, 5) is 26.4. The molecule has 2 N–H and O–H groups in total.